The second-order valence-corrected chi connectivity index (χ2v) is 6.59. The number of nitrogens with one attached hydrogen (secondary N) is 1. The smallest absolute Gasteiger partial charge is 0.0827 e. The van der Waals surface area contributed by atoms with Gasteiger partial charge in [-0.1, -0.05) is 34.1 Å². The molecule has 2 atom stereocenters. The lowest BCUT2D eigenvalue weighted by Crippen LogP contribution is -2.49. The van der Waals surface area contributed by atoms with Crippen LogP contribution in [0.3, 0.4) is 0 Å². The van der Waals surface area contributed by atoms with Gasteiger partial charge in [0.15, 0.2) is 0 Å². The zero-order valence-electron chi connectivity index (χ0n) is 12.6. The van der Waals surface area contributed by atoms with E-state index in [9.17, 15) is 0 Å². The number of hydrogen-bond donors (Lipinski definition) is 1. The van der Waals surface area contributed by atoms with Gasteiger partial charge in [0.25, 0.3) is 0 Å². The van der Waals surface area contributed by atoms with Crippen LogP contribution >= 0.6 is 15.9 Å². The molecule has 0 bridgehead atoms. The molecule has 1 aliphatic rings. The molecular weight excluding hydrogens is 316 g/mol. The number of rotatable bonds is 5. The predicted octanol–water partition coefficient (Wildman–Crippen LogP) is 3.21. The lowest BCUT2D eigenvalue weighted by atomic mass is 10.1. The molecule has 0 amide bonds. The normalized spacial score (nSPS) is 22.1. The maximum absolute atomic E-state index is 5.86. The summed E-state index contributed by atoms with van der Waals surface area (Å²) >= 11 is 3.61. The summed E-state index contributed by atoms with van der Waals surface area (Å²) in [6, 6.07) is 9.29. The van der Waals surface area contributed by atoms with Crippen LogP contribution < -0.4 is 5.32 Å². The van der Waals surface area contributed by atoms with Crippen LogP contribution in [0.2, 0.25) is 0 Å². The number of hydrogen-bond acceptors (Lipinski definition) is 3. The molecular formula is C16H25BrN2O. The van der Waals surface area contributed by atoms with E-state index >= 15 is 0 Å². The Morgan fingerprint density at radius 2 is 2.10 bits per heavy atom. The lowest BCUT2D eigenvalue weighted by Gasteiger charge is -2.36. The highest BCUT2D eigenvalue weighted by atomic mass is 79.9. The van der Waals surface area contributed by atoms with Crippen molar-refractivity contribution >= 4 is 15.9 Å². The average Bonchev–Trinajstić information content (AvgIpc) is 2.45. The fourth-order valence-corrected chi connectivity index (χ4v) is 3.21. The van der Waals surface area contributed by atoms with E-state index in [1.165, 1.54) is 5.56 Å². The van der Waals surface area contributed by atoms with Crippen molar-refractivity contribution in [2.45, 2.75) is 39.0 Å². The third-order valence-corrected chi connectivity index (χ3v) is 4.65. The zero-order chi connectivity index (χ0) is 14.5. The van der Waals surface area contributed by atoms with Gasteiger partial charge < -0.3 is 10.1 Å². The summed E-state index contributed by atoms with van der Waals surface area (Å²) in [5.74, 6) is 0. The molecule has 1 N–H and O–H groups in total. The highest BCUT2D eigenvalue weighted by Gasteiger charge is 2.22. The summed E-state index contributed by atoms with van der Waals surface area (Å²) in [6.07, 6.45) is 0.288. The monoisotopic (exact) mass is 340 g/mol. The van der Waals surface area contributed by atoms with Crippen molar-refractivity contribution in [2.75, 3.05) is 26.2 Å². The number of benzene rings is 1. The summed E-state index contributed by atoms with van der Waals surface area (Å²) in [5, 5.41) is 3.59. The van der Waals surface area contributed by atoms with Gasteiger partial charge >= 0.3 is 0 Å². The number of ether oxygens (including phenoxy) is 1. The molecule has 2 rings (SSSR count). The number of morpholine rings is 1. The van der Waals surface area contributed by atoms with Gasteiger partial charge in [0.05, 0.1) is 12.7 Å². The molecule has 1 saturated heterocycles. The Labute approximate surface area is 130 Å². The minimum atomic E-state index is 0.288. The topological polar surface area (TPSA) is 24.5 Å². The summed E-state index contributed by atoms with van der Waals surface area (Å²) in [5.41, 5.74) is 1.30. The van der Waals surface area contributed by atoms with E-state index in [0.29, 0.717) is 12.1 Å². The Hall–Kier alpha value is -0.420. The summed E-state index contributed by atoms with van der Waals surface area (Å²) in [6.45, 7) is 10.5. The standard InChI is InChI=1S/C16H25BrN2O/c1-12(2)19-8-9-20-14(11-19)10-18-13(3)15-6-4-5-7-16(15)17/h4-7,12-14,18H,8-11H2,1-3H3/t13-,14?/m1/s1. The van der Waals surface area contributed by atoms with E-state index in [-0.39, 0.29) is 6.10 Å². The first-order valence-corrected chi connectivity index (χ1v) is 8.20. The summed E-state index contributed by atoms with van der Waals surface area (Å²) < 4.78 is 7.02. The maximum atomic E-state index is 5.86. The van der Waals surface area contributed by atoms with Gasteiger partial charge in [0.1, 0.15) is 0 Å². The molecule has 0 saturated carbocycles. The van der Waals surface area contributed by atoms with Crippen molar-refractivity contribution in [3.05, 3.63) is 34.3 Å². The quantitative estimate of drug-likeness (QED) is 0.890. The molecule has 1 fully saturated rings. The predicted molar refractivity (Wildman–Crippen MR) is 87.0 cm³/mol. The van der Waals surface area contributed by atoms with Crippen LogP contribution in [-0.2, 0) is 4.74 Å². The third-order valence-electron chi connectivity index (χ3n) is 3.92. The van der Waals surface area contributed by atoms with Crippen LogP contribution in [0.25, 0.3) is 0 Å². The molecule has 0 aromatic heterocycles. The summed E-state index contributed by atoms with van der Waals surface area (Å²) in [7, 11) is 0. The van der Waals surface area contributed by atoms with Crippen molar-refractivity contribution in [3.63, 3.8) is 0 Å². The minimum absolute atomic E-state index is 0.288. The first kappa shape index (κ1) is 16.0. The van der Waals surface area contributed by atoms with Crippen LogP contribution in [0.1, 0.15) is 32.4 Å². The highest BCUT2D eigenvalue weighted by molar-refractivity contribution is 9.10. The van der Waals surface area contributed by atoms with Crippen LogP contribution in [0.5, 0.6) is 0 Å². The van der Waals surface area contributed by atoms with Gasteiger partial charge in [-0.15, -0.1) is 0 Å². The SMILES string of the molecule is CC(C)N1CCOC(CN[C@H](C)c2ccccc2Br)C1. The van der Waals surface area contributed by atoms with Gasteiger partial charge in [0.2, 0.25) is 0 Å². The molecule has 1 heterocycles. The molecule has 112 valence electrons. The molecule has 1 aromatic carbocycles. The largest absolute Gasteiger partial charge is 0.374 e. The van der Waals surface area contributed by atoms with Crippen molar-refractivity contribution in [2.24, 2.45) is 0 Å². The van der Waals surface area contributed by atoms with Gasteiger partial charge in [-0.2, -0.15) is 0 Å². The molecule has 20 heavy (non-hydrogen) atoms. The first-order chi connectivity index (χ1) is 9.58. The van der Waals surface area contributed by atoms with Crippen LogP contribution in [-0.4, -0.2) is 43.3 Å². The molecule has 4 heteroatoms. The molecule has 1 unspecified atom stereocenters. The Morgan fingerprint density at radius 1 is 1.35 bits per heavy atom. The second kappa shape index (κ2) is 7.55. The molecule has 0 radical (unpaired) electrons. The van der Waals surface area contributed by atoms with Crippen molar-refractivity contribution < 1.29 is 4.74 Å². The molecule has 3 nitrogen and oxygen atoms in total. The Bertz CT molecular complexity index is 425. The Balaban J connectivity index is 1.84. The van der Waals surface area contributed by atoms with Gasteiger partial charge in [-0.05, 0) is 32.4 Å². The van der Waals surface area contributed by atoms with Crippen LogP contribution in [0.15, 0.2) is 28.7 Å². The Morgan fingerprint density at radius 3 is 2.80 bits per heavy atom. The highest BCUT2D eigenvalue weighted by Crippen LogP contribution is 2.22. The summed E-state index contributed by atoms with van der Waals surface area (Å²) in [4.78, 5) is 2.49. The van der Waals surface area contributed by atoms with Crippen molar-refractivity contribution in [1.29, 1.82) is 0 Å². The Kier molecular flexibility index (Phi) is 6.02. The minimum Gasteiger partial charge on any atom is -0.374 e. The number of nitrogens with zero attached hydrogens (tertiary/aromatic N) is 1. The van der Waals surface area contributed by atoms with Crippen molar-refractivity contribution in [3.8, 4) is 0 Å². The lowest BCUT2D eigenvalue weighted by molar-refractivity contribution is -0.0380. The van der Waals surface area contributed by atoms with Crippen LogP contribution in [0.4, 0.5) is 0 Å². The third kappa shape index (κ3) is 4.29. The molecule has 0 spiro atoms. The van der Waals surface area contributed by atoms with E-state index in [0.717, 1.165) is 30.7 Å². The fourth-order valence-electron chi connectivity index (χ4n) is 2.58. The van der Waals surface area contributed by atoms with E-state index in [2.05, 4.69) is 65.1 Å². The molecule has 1 aliphatic heterocycles. The van der Waals surface area contributed by atoms with Gasteiger partial charge in [0, 0.05) is 36.2 Å². The van der Waals surface area contributed by atoms with Crippen molar-refractivity contribution in [1.82, 2.24) is 10.2 Å². The van der Waals surface area contributed by atoms with E-state index in [1.54, 1.807) is 0 Å². The van der Waals surface area contributed by atoms with Crippen LogP contribution in [0, 0.1) is 0 Å². The molecule has 0 aliphatic carbocycles. The average molecular weight is 341 g/mol. The second-order valence-electron chi connectivity index (χ2n) is 5.73. The van der Waals surface area contributed by atoms with E-state index in [1.807, 2.05) is 6.07 Å². The number of halogens is 1. The first-order valence-electron chi connectivity index (χ1n) is 7.41. The zero-order valence-corrected chi connectivity index (χ0v) is 14.2. The van der Waals surface area contributed by atoms with E-state index < -0.39 is 0 Å². The van der Waals surface area contributed by atoms with Gasteiger partial charge in [-0.3, -0.25) is 4.90 Å². The fraction of sp³-hybridized carbons (Fsp3) is 0.625. The van der Waals surface area contributed by atoms with Gasteiger partial charge in [-0.25, -0.2) is 0 Å². The van der Waals surface area contributed by atoms with E-state index in [4.69, 9.17) is 4.74 Å². The molecule has 1 aromatic rings. The maximum Gasteiger partial charge on any atom is 0.0827 e.